The van der Waals surface area contributed by atoms with Gasteiger partial charge in [0, 0.05) is 13.1 Å². The van der Waals surface area contributed by atoms with Crippen LogP contribution >= 0.6 is 0 Å². The number of hydrogen-bond donors (Lipinski definition) is 2. The van der Waals surface area contributed by atoms with Crippen LogP contribution in [0.5, 0.6) is 0 Å². The molecule has 0 radical (unpaired) electrons. The number of aliphatic carboxylic acids is 1. The normalized spacial score (nSPS) is 24.3. The molecule has 5 heteroatoms. The van der Waals surface area contributed by atoms with Gasteiger partial charge in [0.05, 0.1) is 11.0 Å². The fourth-order valence-electron chi connectivity index (χ4n) is 2.51. The Morgan fingerprint density at radius 1 is 1.44 bits per heavy atom. The summed E-state index contributed by atoms with van der Waals surface area (Å²) in [6, 6.07) is 0. The van der Waals surface area contributed by atoms with Crippen LogP contribution in [0.15, 0.2) is 0 Å². The third kappa shape index (κ3) is 2.66. The fourth-order valence-corrected chi connectivity index (χ4v) is 2.51. The summed E-state index contributed by atoms with van der Waals surface area (Å²) < 4.78 is 0. The molecular formula is C13H24N2O3. The van der Waals surface area contributed by atoms with E-state index in [9.17, 15) is 14.7 Å². The van der Waals surface area contributed by atoms with Crippen molar-refractivity contribution >= 4 is 11.9 Å². The molecule has 0 aromatic heterocycles. The molecule has 1 heterocycles. The highest BCUT2D eigenvalue weighted by atomic mass is 16.4. The van der Waals surface area contributed by atoms with Crippen molar-refractivity contribution in [1.82, 2.24) is 10.2 Å². The van der Waals surface area contributed by atoms with Crippen LogP contribution in [0, 0.1) is 5.41 Å². The van der Waals surface area contributed by atoms with E-state index in [1.54, 1.807) is 11.9 Å². The van der Waals surface area contributed by atoms with Gasteiger partial charge < -0.3 is 15.3 Å². The van der Waals surface area contributed by atoms with Crippen molar-refractivity contribution in [2.24, 2.45) is 5.41 Å². The van der Waals surface area contributed by atoms with Gasteiger partial charge in [-0.15, -0.1) is 0 Å². The maximum atomic E-state index is 12.3. The first kappa shape index (κ1) is 15.0. The zero-order valence-corrected chi connectivity index (χ0v) is 11.7. The highest BCUT2D eigenvalue weighted by molar-refractivity contribution is 5.87. The van der Waals surface area contributed by atoms with Crippen molar-refractivity contribution < 1.29 is 14.7 Å². The standard InChI is InChI=1S/C13H24N2O3/c1-5-6-13(11(17)18)7-8-15(9-13)10(16)12(2,3)14-4/h14H,5-9H2,1-4H3,(H,17,18). The minimum Gasteiger partial charge on any atom is -0.481 e. The van der Waals surface area contributed by atoms with Crippen LogP contribution in [0.1, 0.15) is 40.0 Å². The molecule has 1 fully saturated rings. The second-order valence-electron chi connectivity index (χ2n) is 5.69. The molecule has 1 amide bonds. The molecule has 5 nitrogen and oxygen atoms in total. The summed E-state index contributed by atoms with van der Waals surface area (Å²) in [4.78, 5) is 25.4. The first-order valence-electron chi connectivity index (χ1n) is 6.51. The number of likely N-dealkylation sites (N-methyl/N-ethyl adjacent to an activating group) is 1. The van der Waals surface area contributed by atoms with Crippen molar-refractivity contribution in [3.8, 4) is 0 Å². The third-order valence-corrected chi connectivity index (χ3v) is 3.98. The van der Waals surface area contributed by atoms with E-state index in [1.807, 2.05) is 20.8 Å². The molecule has 1 saturated heterocycles. The van der Waals surface area contributed by atoms with Crippen LogP contribution in [-0.2, 0) is 9.59 Å². The second-order valence-corrected chi connectivity index (χ2v) is 5.69. The summed E-state index contributed by atoms with van der Waals surface area (Å²) in [5.74, 6) is -0.800. The zero-order valence-electron chi connectivity index (χ0n) is 11.7. The lowest BCUT2D eigenvalue weighted by atomic mass is 9.83. The summed E-state index contributed by atoms with van der Waals surface area (Å²) in [7, 11) is 1.74. The molecule has 104 valence electrons. The van der Waals surface area contributed by atoms with Gasteiger partial charge >= 0.3 is 5.97 Å². The SMILES string of the molecule is CCCC1(C(=O)O)CCN(C(=O)C(C)(C)NC)C1. The monoisotopic (exact) mass is 256 g/mol. The van der Waals surface area contributed by atoms with Gasteiger partial charge in [-0.05, 0) is 33.7 Å². The topological polar surface area (TPSA) is 69.6 Å². The van der Waals surface area contributed by atoms with Crippen molar-refractivity contribution in [3.05, 3.63) is 0 Å². The molecule has 0 aliphatic carbocycles. The summed E-state index contributed by atoms with van der Waals surface area (Å²) in [6.07, 6.45) is 2.01. The number of nitrogens with one attached hydrogen (secondary N) is 1. The van der Waals surface area contributed by atoms with E-state index < -0.39 is 16.9 Å². The molecule has 1 aliphatic rings. The maximum absolute atomic E-state index is 12.3. The number of carboxylic acid groups (broad SMARTS) is 1. The Hall–Kier alpha value is -1.10. The van der Waals surface area contributed by atoms with Crippen LogP contribution in [0.2, 0.25) is 0 Å². The number of amides is 1. The molecule has 0 aromatic carbocycles. The fraction of sp³-hybridized carbons (Fsp3) is 0.846. The van der Waals surface area contributed by atoms with E-state index in [0.29, 0.717) is 25.9 Å². The van der Waals surface area contributed by atoms with Crippen LogP contribution in [-0.4, -0.2) is 47.6 Å². The molecule has 1 unspecified atom stereocenters. The quantitative estimate of drug-likeness (QED) is 0.772. The van der Waals surface area contributed by atoms with Gasteiger partial charge in [-0.2, -0.15) is 0 Å². The average molecular weight is 256 g/mol. The smallest absolute Gasteiger partial charge is 0.311 e. The summed E-state index contributed by atoms with van der Waals surface area (Å²) >= 11 is 0. The molecule has 0 spiro atoms. The lowest BCUT2D eigenvalue weighted by Crippen LogP contribution is -2.52. The molecule has 18 heavy (non-hydrogen) atoms. The van der Waals surface area contributed by atoms with Gasteiger partial charge in [0.1, 0.15) is 0 Å². The second kappa shape index (κ2) is 5.26. The van der Waals surface area contributed by atoms with Gasteiger partial charge in [0.2, 0.25) is 5.91 Å². The lowest BCUT2D eigenvalue weighted by Gasteiger charge is -2.30. The van der Waals surface area contributed by atoms with Crippen LogP contribution in [0.3, 0.4) is 0 Å². The number of carboxylic acids is 1. The van der Waals surface area contributed by atoms with Crippen molar-refractivity contribution in [2.75, 3.05) is 20.1 Å². The number of carbonyl (C=O) groups is 2. The van der Waals surface area contributed by atoms with E-state index in [-0.39, 0.29) is 5.91 Å². The van der Waals surface area contributed by atoms with Crippen molar-refractivity contribution in [3.63, 3.8) is 0 Å². The first-order chi connectivity index (χ1) is 8.29. The van der Waals surface area contributed by atoms with Gasteiger partial charge in [-0.25, -0.2) is 0 Å². The summed E-state index contributed by atoms with van der Waals surface area (Å²) in [6.45, 7) is 6.48. The first-order valence-corrected chi connectivity index (χ1v) is 6.51. The Kier molecular flexibility index (Phi) is 4.37. The van der Waals surface area contributed by atoms with Gasteiger partial charge in [0.15, 0.2) is 0 Å². The average Bonchev–Trinajstić information content (AvgIpc) is 2.74. The third-order valence-electron chi connectivity index (χ3n) is 3.98. The predicted molar refractivity (Wildman–Crippen MR) is 69.3 cm³/mol. The Labute approximate surface area is 109 Å². The van der Waals surface area contributed by atoms with E-state index in [2.05, 4.69) is 5.32 Å². The summed E-state index contributed by atoms with van der Waals surface area (Å²) in [5, 5.41) is 12.4. The number of hydrogen-bond acceptors (Lipinski definition) is 3. The minimum atomic E-state index is -0.776. The van der Waals surface area contributed by atoms with Crippen LogP contribution < -0.4 is 5.32 Å². The Bertz CT molecular complexity index is 341. The highest BCUT2D eigenvalue weighted by Crippen LogP contribution is 2.36. The number of carbonyl (C=O) groups excluding carboxylic acids is 1. The van der Waals surface area contributed by atoms with Crippen LogP contribution in [0.25, 0.3) is 0 Å². The molecular weight excluding hydrogens is 232 g/mol. The minimum absolute atomic E-state index is 0.0239. The van der Waals surface area contributed by atoms with Crippen molar-refractivity contribution in [2.45, 2.75) is 45.6 Å². The largest absolute Gasteiger partial charge is 0.481 e. The lowest BCUT2D eigenvalue weighted by molar-refractivity contribution is -0.149. The van der Waals surface area contributed by atoms with E-state index >= 15 is 0 Å². The highest BCUT2D eigenvalue weighted by Gasteiger charge is 2.47. The molecule has 1 aliphatic heterocycles. The van der Waals surface area contributed by atoms with Gasteiger partial charge in [0.25, 0.3) is 0 Å². The molecule has 2 N–H and O–H groups in total. The predicted octanol–water partition coefficient (Wildman–Crippen LogP) is 1.09. The van der Waals surface area contributed by atoms with E-state index in [4.69, 9.17) is 0 Å². The van der Waals surface area contributed by atoms with Crippen LogP contribution in [0.4, 0.5) is 0 Å². The van der Waals surface area contributed by atoms with E-state index in [1.165, 1.54) is 0 Å². The number of likely N-dealkylation sites (tertiary alicyclic amines) is 1. The maximum Gasteiger partial charge on any atom is 0.311 e. The number of nitrogens with zero attached hydrogens (tertiary/aromatic N) is 1. The van der Waals surface area contributed by atoms with Crippen molar-refractivity contribution in [1.29, 1.82) is 0 Å². The van der Waals surface area contributed by atoms with Gasteiger partial charge in [-0.3, -0.25) is 9.59 Å². The molecule has 1 atom stereocenters. The summed E-state index contributed by atoms with van der Waals surface area (Å²) in [5.41, 5.74) is -1.38. The molecule has 1 rings (SSSR count). The Morgan fingerprint density at radius 3 is 2.50 bits per heavy atom. The Balaban J connectivity index is 2.81. The zero-order chi connectivity index (χ0) is 14.0. The van der Waals surface area contributed by atoms with E-state index in [0.717, 1.165) is 6.42 Å². The Morgan fingerprint density at radius 2 is 2.06 bits per heavy atom. The molecule has 0 saturated carbocycles. The number of rotatable bonds is 5. The molecule has 0 bridgehead atoms. The molecule has 0 aromatic rings. The van der Waals surface area contributed by atoms with Gasteiger partial charge in [-0.1, -0.05) is 13.3 Å².